The van der Waals surface area contributed by atoms with Gasteiger partial charge in [0.1, 0.15) is 21.7 Å². The van der Waals surface area contributed by atoms with E-state index in [4.69, 9.17) is 19.2 Å². The van der Waals surface area contributed by atoms with Crippen molar-refractivity contribution in [2.75, 3.05) is 58.5 Å². The molecule has 124 valence electrons. The molecular formula is C16H21N3O3S. The van der Waals surface area contributed by atoms with Crippen LogP contribution >= 0.6 is 11.3 Å². The summed E-state index contributed by atoms with van der Waals surface area (Å²) in [5, 5.41) is 1.05. The lowest BCUT2D eigenvalue weighted by Crippen LogP contribution is -2.61. The number of aromatic nitrogens is 1. The van der Waals surface area contributed by atoms with Gasteiger partial charge in [0.15, 0.2) is 5.13 Å². The molecule has 6 nitrogen and oxygen atoms in total. The zero-order chi connectivity index (χ0) is 15.8. The van der Waals surface area contributed by atoms with Crippen LogP contribution in [-0.2, 0) is 4.74 Å². The number of nitrogens with zero attached hydrogens (tertiary/aromatic N) is 3. The molecule has 23 heavy (non-hydrogen) atoms. The van der Waals surface area contributed by atoms with E-state index in [2.05, 4.69) is 9.80 Å². The molecule has 3 heterocycles. The van der Waals surface area contributed by atoms with Crippen LogP contribution in [0.2, 0.25) is 0 Å². The summed E-state index contributed by atoms with van der Waals surface area (Å²) in [5.74, 6) is 1.66. The summed E-state index contributed by atoms with van der Waals surface area (Å²) in [6, 6.07) is 4.47. The molecule has 0 atom stereocenters. The maximum absolute atomic E-state index is 5.46. The molecule has 2 aliphatic heterocycles. The maximum Gasteiger partial charge on any atom is 0.186 e. The van der Waals surface area contributed by atoms with Gasteiger partial charge in [-0.1, -0.05) is 11.3 Å². The van der Waals surface area contributed by atoms with Crippen LogP contribution < -0.4 is 14.4 Å². The quantitative estimate of drug-likeness (QED) is 0.850. The Labute approximate surface area is 139 Å². The van der Waals surface area contributed by atoms with Crippen LogP contribution in [0.4, 0.5) is 5.13 Å². The highest BCUT2D eigenvalue weighted by Crippen LogP contribution is 2.41. The molecular weight excluding hydrogens is 314 g/mol. The van der Waals surface area contributed by atoms with E-state index in [1.54, 1.807) is 25.6 Å². The van der Waals surface area contributed by atoms with Crippen LogP contribution in [0.15, 0.2) is 12.1 Å². The van der Waals surface area contributed by atoms with Gasteiger partial charge in [-0.15, -0.1) is 0 Å². The van der Waals surface area contributed by atoms with Crippen LogP contribution in [0.5, 0.6) is 11.5 Å². The van der Waals surface area contributed by atoms with Crippen LogP contribution in [-0.4, -0.2) is 69.5 Å². The number of ether oxygens (including phenoxy) is 3. The minimum Gasteiger partial charge on any atom is -0.495 e. The summed E-state index contributed by atoms with van der Waals surface area (Å²) in [7, 11) is 3.37. The minimum atomic E-state index is 0.620. The zero-order valence-corrected chi connectivity index (χ0v) is 14.3. The van der Waals surface area contributed by atoms with Crippen LogP contribution in [0.3, 0.4) is 0 Å². The lowest BCUT2D eigenvalue weighted by molar-refractivity contribution is 0.0105. The van der Waals surface area contributed by atoms with Crippen LogP contribution in [0.1, 0.15) is 0 Å². The number of hydrogen-bond acceptors (Lipinski definition) is 7. The molecule has 0 aliphatic carbocycles. The molecule has 0 bridgehead atoms. The van der Waals surface area contributed by atoms with E-state index >= 15 is 0 Å². The van der Waals surface area contributed by atoms with Gasteiger partial charge in [-0.05, 0) is 12.1 Å². The molecule has 0 unspecified atom stereocenters. The van der Waals surface area contributed by atoms with E-state index in [-0.39, 0.29) is 0 Å². The van der Waals surface area contributed by atoms with Crippen molar-refractivity contribution in [3.8, 4) is 11.5 Å². The average molecular weight is 335 g/mol. The fraction of sp³-hybridized carbons (Fsp3) is 0.562. The fourth-order valence-corrected chi connectivity index (χ4v) is 4.29. The molecule has 2 saturated heterocycles. The van der Waals surface area contributed by atoms with Gasteiger partial charge in [0, 0.05) is 32.2 Å². The molecule has 0 N–H and O–H groups in total. The van der Waals surface area contributed by atoms with Crippen molar-refractivity contribution in [1.29, 1.82) is 0 Å². The molecule has 2 aromatic rings. The molecule has 1 aromatic carbocycles. The molecule has 0 saturated carbocycles. The van der Waals surface area contributed by atoms with Gasteiger partial charge in [-0.25, -0.2) is 4.98 Å². The van der Waals surface area contributed by atoms with Crippen molar-refractivity contribution in [2.24, 2.45) is 0 Å². The van der Waals surface area contributed by atoms with Gasteiger partial charge in [0.25, 0.3) is 0 Å². The number of fused-ring (bicyclic) bond motifs is 1. The largest absolute Gasteiger partial charge is 0.495 e. The van der Waals surface area contributed by atoms with Gasteiger partial charge in [-0.2, -0.15) is 0 Å². The Kier molecular flexibility index (Phi) is 4.00. The number of morpholine rings is 1. The highest BCUT2D eigenvalue weighted by atomic mass is 32.1. The third-order valence-corrected chi connectivity index (χ3v) is 5.72. The Morgan fingerprint density at radius 1 is 1.13 bits per heavy atom. The van der Waals surface area contributed by atoms with Crippen LogP contribution in [0.25, 0.3) is 10.2 Å². The smallest absolute Gasteiger partial charge is 0.186 e. The third kappa shape index (κ3) is 2.62. The molecule has 0 amide bonds. The average Bonchev–Trinajstić information content (AvgIpc) is 2.98. The molecule has 1 aromatic heterocycles. The van der Waals surface area contributed by atoms with Crippen molar-refractivity contribution in [3.05, 3.63) is 12.1 Å². The van der Waals surface area contributed by atoms with Crippen molar-refractivity contribution in [2.45, 2.75) is 6.04 Å². The highest BCUT2D eigenvalue weighted by Gasteiger charge is 2.34. The number of thiazole rings is 1. The Hall–Kier alpha value is -1.57. The standard InChI is InChI=1S/C16H21N3O3S/c1-20-12-3-4-13(21-2)15-14(12)17-16(23-15)19-9-11(10-19)18-5-7-22-8-6-18/h3-4,11H,5-10H2,1-2H3. The monoisotopic (exact) mass is 335 g/mol. The lowest BCUT2D eigenvalue weighted by atomic mass is 10.1. The Morgan fingerprint density at radius 3 is 2.52 bits per heavy atom. The Balaban J connectivity index is 1.54. The van der Waals surface area contributed by atoms with E-state index in [9.17, 15) is 0 Å². The second-order valence-corrected chi connectivity index (χ2v) is 6.83. The summed E-state index contributed by atoms with van der Waals surface area (Å²) in [4.78, 5) is 9.65. The Bertz CT molecular complexity index is 652. The highest BCUT2D eigenvalue weighted by molar-refractivity contribution is 7.22. The lowest BCUT2D eigenvalue weighted by Gasteiger charge is -2.46. The van der Waals surface area contributed by atoms with Gasteiger partial charge in [0.2, 0.25) is 0 Å². The number of benzene rings is 1. The zero-order valence-electron chi connectivity index (χ0n) is 13.4. The number of rotatable bonds is 4. The first-order valence-corrected chi connectivity index (χ1v) is 8.70. The SMILES string of the molecule is COc1ccc(OC)c2sc(N3CC(N4CCOCC4)C3)nc12. The summed E-state index contributed by atoms with van der Waals surface area (Å²) in [6.45, 7) is 5.85. The van der Waals surface area contributed by atoms with Gasteiger partial charge >= 0.3 is 0 Å². The normalized spacial score (nSPS) is 19.8. The van der Waals surface area contributed by atoms with Crippen LogP contribution in [0, 0.1) is 0 Å². The maximum atomic E-state index is 5.46. The predicted octanol–water partition coefficient (Wildman–Crippen LogP) is 1.83. The number of anilines is 1. The predicted molar refractivity (Wildman–Crippen MR) is 91.1 cm³/mol. The molecule has 7 heteroatoms. The van der Waals surface area contributed by atoms with E-state index < -0.39 is 0 Å². The summed E-state index contributed by atoms with van der Waals surface area (Å²) in [6.07, 6.45) is 0. The number of hydrogen-bond donors (Lipinski definition) is 0. The van der Waals surface area contributed by atoms with Gasteiger partial charge in [-0.3, -0.25) is 4.90 Å². The molecule has 0 radical (unpaired) electrons. The van der Waals surface area contributed by atoms with E-state index in [1.807, 2.05) is 12.1 Å². The van der Waals surface area contributed by atoms with Gasteiger partial charge in [0.05, 0.1) is 27.4 Å². The van der Waals surface area contributed by atoms with Crippen molar-refractivity contribution < 1.29 is 14.2 Å². The molecule has 2 aliphatic rings. The number of methoxy groups -OCH3 is 2. The van der Waals surface area contributed by atoms with E-state index in [0.717, 1.165) is 66.2 Å². The second-order valence-electron chi connectivity index (χ2n) is 5.85. The van der Waals surface area contributed by atoms with Gasteiger partial charge < -0.3 is 19.1 Å². The first kappa shape index (κ1) is 15.0. The first-order valence-electron chi connectivity index (χ1n) is 7.88. The summed E-state index contributed by atoms with van der Waals surface area (Å²) < 4.78 is 17.4. The molecule has 2 fully saturated rings. The van der Waals surface area contributed by atoms with E-state index in [1.165, 1.54) is 0 Å². The van der Waals surface area contributed by atoms with Crippen molar-refractivity contribution in [3.63, 3.8) is 0 Å². The Morgan fingerprint density at radius 2 is 1.83 bits per heavy atom. The molecule has 4 rings (SSSR count). The minimum absolute atomic E-state index is 0.620. The fourth-order valence-electron chi connectivity index (χ4n) is 3.19. The van der Waals surface area contributed by atoms with E-state index in [0.29, 0.717) is 6.04 Å². The second kappa shape index (κ2) is 6.14. The summed E-state index contributed by atoms with van der Waals surface area (Å²) in [5.41, 5.74) is 0.890. The summed E-state index contributed by atoms with van der Waals surface area (Å²) >= 11 is 1.68. The third-order valence-electron chi connectivity index (χ3n) is 4.59. The first-order chi connectivity index (χ1) is 11.3. The molecule has 0 spiro atoms. The topological polar surface area (TPSA) is 47.1 Å². The van der Waals surface area contributed by atoms with Crippen molar-refractivity contribution in [1.82, 2.24) is 9.88 Å². The van der Waals surface area contributed by atoms with Crippen molar-refractivity contribution >= 4 is 26.7 Å².